The van der Waals surface area contributed by atoms with Gasteiger partial charge in [-0.05, 0) is 154 Å². The summed E-state index contributed by atoms with van der Waals surface area (Å²) in [6.45, 7) is 6.34. The van der Waals surface area contributed by atoms with Crippen LogP contribution in [-0.4, -0.2) is 37.2 Å². The van der Waals surface area contributed by atoms with Crippen molar-refractivity contribution in [1.29, 1.82) is 0 Å². The Morgan fingerprint density at radius 2 is 0.481 bits per heavy atom. The molecule has 0 bridgehead atoms. The molecule has 0 aromatic heterocycles. The number of ether oxygens (including phenoxy) is 3. The Kier molecular flexibility index (Phi) is 62.9. The van der Waals surface area contributed by atoms with E-state index in [1.165, 1.54) is 38.5 Å². The average Bonchev–Trinajstić information content (AvgIpc) is 3.47. The van der Waals surface area contributed by atoms with Gasteiger partial charge in [0.25, 0.3) is 0 Å². The molecular weight excluding hydrogens is 997 g/mol. The number of esters is 3. The first kappa shape index (κ1) is 75.8. The third kappa shape index (κ3) is 65.5. The maximum Gasteiger partial charge on any atom is 0.306 e. The fourth-order valence-electron chi connectivity index (χ4n) is 8.36. The molecule has 0 aromatic carbocycles. The summed E-state index contributed by atoms with van der Waals surface area (Å²) in [6.07, 6.45) is 99.2. The van der Waals surface area contributed by atoms with Crippen molar-refractivity contribution in [3.63, 3.8) is 0 Å². The van der Waals surface area contributed by atoms with E-state index in [2.05, 4.69) is 191 Å². The first-order valence-electron chi connectivity index (χ1n) is 32.6. The molecule has 81 heavy (non-hydrogen) atoms. The number of carbonyl (C=O) groups excluding carboxylic acids is 3. The number of hydrogen-bond donors (Lipinski definition) is 0. The van der Waals surface area contributed by atoms with Crippen LogP contribution in [0.3, 0.4) is 0 Å². The van der Waals surface area contributed by atoms with Gasteiger partial charge in [0.1, 0.15) is 13.2 Å². The summed E-state index contributed by atoms with van der Waals surface area (Å²) >= 11 is 0. The van der Waals surface area contributed by atoms with Crippen molar-refractivity contribution in [2.45, 2.75) is 271 Å². The fourth-order valence-corrected chi connectivity index (χ4v) is 8.36. The number of carbonyl (C=O) groups is 3. The van der Waals surface area contributed by atoms with Crippen LogP contribution >= 0.6 is 0 Å². The molecule has 6 heteroatoms. The van der Waals surface area contributed by atoms with Gasteiger partial charge in [-0.1, -0.05) is 262 Å². The van der Waals surface area contributed by atoms with Gasteiger partial charge < -0.3 is 14.2 Å². The van der Waals surface area contributed by atoms with E-state index in [1.807, 2.05) is 0 Å². The van der Waals surface area contributed by atoms with Crippen LogP contribution in [0.2, 0.25) is 0 Å². The average molecular weight is 1120 g/mol. The zero-order chi connectivity index (χ0) is 58.5. The monoisotopic (exact) mass is 1110 g/mol. The highest BCUT2D eigenvalue weighted by molar-refractivity contribution is 5.71. The smallest absolute Gasteiger partial charge is 0.306 e. The number of allylic oxidation sites excluding steroid dienone is 28. The zero-order valence-electron chi connectivity index (χ0n) is 52.0. The fraction of sp³-hybridized carbons (Fsp3) is 0.587. The minimum absolute atomic E-state index is 0.108. The molecule has 0 spiro atoms. The molecule has 0 N–H and O–H groups in total. The van der Waals surface area contributed by atoms with Crippen molar-refractivity contribution in [3.05, 3.63) is 170 Å². The lowest BCUT2D eigenvalue weighted by molar-refractivity contribution is -0.167. The summed E-state index contributed by atoms with van der Waals surface area (Å²) < 4.78 is 16.9. The van der Waals surface area contributed by atoms with Crippen molar-refractivity contribution in [3.8, 4) is 0 Å². The van der Waals surface area contributed by atoms with Gasteiger partial charge >= 0.3 is 17.9 Å². The molecule has 0 aliphatic heterocycles. The Hall–Kier alpha value is -5.23. The summed E-state index contributed by atoms with van der Waals surface area (Å²) in [5, 5.41) is 0. The Labute approximate surface area is 498 Å². The Morgan fingerprint density at radius 1 is 0.259 bits per heavy atom. The number of hydrogen-bond acceptors (Lipinski definition) is 6. The van der Waals surface area contributed by atoms with Gasteiger partial charge in [0.15, 0.2) is 6.10 Å². The second-order valence-corrected chi connectivity index (χ2v) is 20.9. The van der Waals surface area contributed by atoms with E-state index in [0.717, 1.165) is 186 Å². The number of rotatable bonds is 57. The van der Waals surface area contributed by atoms with E-state index in [0.29, 0.717) is 12.8 Å². The van der Waals surface area contributed by atoms with E-state index >= 15 is 0 Å². The third-order valence-electron chi connectivity index (χ3n) is 13.2. The molecule has 1 unspecified atom stereocenters. The van der Waals surface area contributed by atoms with Crippen LogP contribution in [0.15, 0.2) is 170 Å². The van der Waals surface area contributed by atoms with Crippen LogP contribution in [0.25, 0.3) is 0 Å². The number of unbranched alkanes of at least 4 members (excludes halogenated alkanes) is 18. The standard InChI is InChI=1S/C75H118O6/c1-4-7-10-13-16-19-22-25-28-30-32-34-36-37-39-40-42-44-47-50-53-56-59-62-65-68-74(77)80-71-72(70-79-73(76)67-64-61-58-55-52-49-46-27-24-21-18-15-12-9-6-3)81-75(78)69-66-63-60-57-54-51-48-45-43-41-38-35-33-31-29-26-23-20-17-14-11-8-5-2/h7-8,10-11,16-21,25-29,32-35,37,39,41-44,46,48,51,72H,4-6,9,12-15,22-24,30-31,36,38,40,45,47,49-50,52-71H2,1-3H3/b10-7-,11-8-,19-16-,20-17-,21-18-,28-25-,29-26-,34-32-,35-33-,39-37-,43-41-,44-42-,46-27-,51-48-. The highest BCUT2D eigenvalue weighted by Gasteiger charge is 2.19. The van der Waals surface area contributed by atoms with Crippen molar-refractivity contribution in [1.82, 2.24) is 0 Å². The minimum Gasteiger partial charge on any atom is -0.462 e. The molecular formula is C75H118O6. The zero-order valence-corrected chi connectivity index (χ0v) is 52.0. The molecule has 0 heterocycles. The minimum atomic E-state index is -0.815. The van der Waals surface area contributed by atoms with Gasteiger partial charge in [-0.25, -0.2) is 0 Å². The second-order valence-electron chi connectivity index (χ2n) is 20.9. The van der Waals surface area contributed by atoms with Gasteiger partial charge in [0.05, 0.1) is 0 Å². The highest BCUT2D eigenvalue weighted by Crippen LogP contribution is 2.14. The van der Waals surface area contributed by atoms with Crippen molar-refractivity contribution >= 4 is 17.9 Å². The van der Waals surface area contributed by atoms with E-state index in [-0.39, 0.29) is 37.5 Å². The van der Waals surface area contributed by atoms with E-state index in [1.54, 1.807) is 0 Å². The third-order valence-corrected chi connectivity index (χ3v) is 13.2. The highest BCUT2D eigenvalue weighted by atomic mass is 16.6. The molecule has 0 fully saturated rings. The predicted molar refractivity (Wildman–Crippen MR) is 352 cm³/mol. The molecule has 0 aliphatic carbocycles. The molecule has 1 atom stereocenters. The molecule has 454 valence electrons. The largest absolute Gasteiger partial charge is 0.462 e. The summed E-state index contributed by atoms with van der Waals surface area (Å²) in [7, 11) is 0. The van der Waals surface area contributed by atoms with Crippen molar-refractivity contribution < 1.29 is 28.6 Å². The van der Waals surface area contributed by atoms with Gasteiger partial charge in [0.2, 0.25) is 0 Å². The molecule has 0 amide bonds. The first-order chi connectivity index (χ1) is 40.0. The lowest BCUT2D eigenvalue weighted by Gasteiger charge is -2.18. The summed E-state index contributed by atoms with van der Waals surface area (Å²) in [4.78, 5) is 38.4. The molecule has 0 rings (SSSR count). The van der Waals surface area contributed by atoms with Gasteiger partial charge in [-0.15, -0.1) is 0 Å². The predicted octanol–water partition coefficient (Wildman–Crippen LogP) is 22.7. The molecule has 0 saturated carbocycles. The molecule has 0 aliphatic rings. The summed E-state index contributed by atoms with van der Waals surface area (Å²) in [5.74, 6) is -0.965. The molecule has 6 nitrogen and oxygen atoms in total. The SMILES string of the molecule is CC/C=C\C/C=C\C/C=C\C/C=C\C/C=C\C/C=C\CCCCCCCCC(=O)OCC(COC(=O)CCCCCCC/C=C\C/C=C\CCCCC)OC(=O)CCCCCC/C=C\C/C=C\C/C=C\C/C=C\C/C=C\C/C=C\CC. The Bertz CT molecular complexity index is 1860. The van der Waals surface area contributed by atoms with Crippen LogP contribution in [-0.2, 0) is 28.6 Å². The van der Waals surface area contributed by atoms with Crippen LogP contribution < -0.4 is 0 Å². The first-order valence-corrected chi connectivity index (χ1v) is 32.6. The van der Waals surface area contributed by atoms with Crippen molar-refractivity contribution in [2.24, 2.45) is 0 Å². The molecule has 0 aromatic rings. The van der Waals surface area contributed by atoms with Crippen LogP contribution in [0, 0.1) is 0 Å². The molecule has 0 radical (unpaired) electrons. The lowest BCUT2D eigenvalue weighted by atomic mass is 10.1. The van der Waals surface area contributed by atoms with Crippen molar-refractivity contribution in [2.75, 3.05) is 13.2 Å². The Morgan fingerprint density at radius 3 is 0.753 bits per heavy atom. The van der Waals surface area contributed by atoms with Gasteiger partial charge in [-0.2, -0.15) is 0 Å². The molecule has 0 saturated heterocycles. The maximum atomic E-state index is 12.9. The van der Waals surface area contributed by atoms with Gasteiger partial charge in [0, 0.05) is 19.3 Å². The summed E-state index contributed by atoms with van der Waals surface area (Å²) in [6, 6.07) is 0. The van der Waals surface area contributed by atoms with Gasteiger partial charge in [-0.3, -0.25) is 14.4 Å². The van der Waals surface area contributed by atoms with Crippen LogP contribution in [0.4, 0.5) is 0 Å². The summed E-state index contributed by atoms with van der Waals surface area (Å²) in [5.41, 5.74) is 0. The topological polar surface area (TPSA) is 78.9 Å². The lowest BCUT2D eigenvalue weighted by Crippen LogP contribution is -2.30. The van der Waals surface area contributed by atoms with Crippen LogP contribution in [0.1, 0.15) is 265 Å². The quantitative estimate of drug-likeness (QED) is 0.0261. The second kappa shape index (κ2) is 67.3. The van der Waals surface area contributed by atoms with Crippen LogP contribution in [0.5, 0.6) is 0 Å². The maximum absolute atomic E-state index is 12.9. The Balaban J connectivity index is 4.51. The van der Waals surface area contributed by atoms with E-state index in [9.17, 15) is 14.4 Å². The van der Waals surface area contributed by atoms with E-state index in [4.69, 9.17) is 14.2 Å². The van der Waals surface area contributed by atoms with E-state index < -0.39 is 6.10 Å². The normalized spacial score (nSPS) is 13.3.